The third-order valence-electron chi connectivity index (χ3n) is 2.50. The summed E-state index contributed by atoms with van der Waals surface area (Å²) in [5.41, 5.74) is 1.08. The van der Waals surface area contributed by atoms with Gasteiger partial charge in [0.25, 0.3) is 0 Å². The van der Waals surface area contributed by atoms with E-state index in [9.17, 15) is 0 Å². The van der Waals surface area contributed by atoms with Gasteiger partial charge < -0.3 is 10.1 Å². The van der Waals surface area contributed by atoms with Gasteiger partial charge in [0, 0.05) is 13.1 Å². The van der Waals surface area contributed by atoms with Crippen molar-refractivity contribution in [1.29, 1.82) is 0 Å². The molecule has 0 radical (unpaired) electrons. The fraction of sp³-hybridized carbons (Fsp3) is 0.357. The number of para-hydroxylation sites is 1. The monoisotopic (exact) mass is 262 g/mol. The predicted molar refractivity (Wildman–Crippen MR) is 77.0 cm³/mol. The van der Waals surface area contributed by atoms with Gasteiger partial charge in [0.2, 0.25) is 0 Å². The first-order valence-electron chi connectivity index (χ1n) is 6.14. The topological polar surface area (TPSA) is 34.1 Å². The molecule has 1 aromatic carbocycles. The van der Waals surface area contributed by atoms with E-state index in [1.807, 2.05) is 24.3 Å². The van der Waals surface area contributed by atoms with Gasteiger partial charge in [-0.3, -0.25) is 0 Å². The van der Waals surface area contributed by atoms with Crippen molar-refractivity contribution in [3.8, 4) is 0 Å². The number of benzene rings is 1. The van der Waals surface area contributed by atoms with Gasteiger partial charge in [-0.1, -0.05) is 18.2 Å². The van der Waals surface area contributed by atoms with Crippen molar-refractivity contribution in [3.05, 3.63) is 41.9 Å². The minimum absolute atomic E-state index is 0.735. The summed E-state index contributed by atoms with van der Waals surface area (Å²) in [4.78, 5) is 4.56. The van der Waals surface area contributed by atoms with E-state index in [0.29, 0.717) is 0 Å². The van der Waals surface area contributed by atoms with Crippen molar-refractivity contribution in [3.63, 3.8) is 0 Å². The van der Waals surface area contributed by atoms with Gasteiger partial charge in [-0.25, -0.2) is 4.98 Å². The average Bonchev–Trinajstić information content (AvgIpc) is 2.80. The molecule has 2 rings (SSSR count). The van der Waals surface area contributed by atoms with Crippen LogP contribution in [0, 0.1) is 0 Å². The molecule has 0 bridgehead atoms. The molecule has 0 saturated heterocycles. The Labute approximate surface area is 112 Å². The molecule has 1 N–H and O–H groups in total. The first-order chi connectivity index (χ1) is 8.90. The maximum absolute atomic E-state index is 5.42. The van der Waals surface area contributed by atoms with Gasteiger partial charge in [-0.2, -0.15) is 0 Å². The number of rotatable bonds is 8. The third kappa shape index (κ3) is 3.91. The Balaban J connectivity index is 1.68. The first kappa shape index (κ1) is 13.2. The van der Waals surface area contributed by atoms with E-state index in [2.05, 4.69) is 22.9 Å². The lowest BCUT2D eigenvalue weighted by molar-refractivity contribution is 0.140. The summed E-state index contributed by atoms with van der Waals surface area (Å²) in [5, 5.41) is 4.46. The Kier molecular flexibility index (Phi) is 5.33. The van der Waals surface area contributed by atoms with Crippen molar-refractivity contribution < 1.29 is 4.74 Å². The molecular weight excluding hydrogens is 244 g/mol. The fourth-order valence-corrected chi connectivity index (χ4v) is 2.54. The number of thiazole rings is 1. The summed E-state index contributed by atoms with van der Waals surface area (Å²) >= 11 is 1.74. The molecule has 3 nitrogen and oxygen atoms in total. The second-order valence-corrected chi connectivity index (χ2v) is 5.06. The van der Waals surface area contributed by atoms with Crippen LogP contribution in [-0.2, 0) is 11.3 Å². The van der Waals surface area contributed by atoms with Crippen LogP contribution < -0.4 is 5.32 Å². The minimum Gasteiger partial charge on any atom is -0.380 e. The number of aromatic nitrogens is 1. The van der Waals surface area contributed by atoms with Gasteiger partial charge in [0.05, 0.1) is 23.4 Å². The molecule has 0 amide bonds. The predicted octanol–water partition coefficient (Wildman–Crippen LogP) is 2.98. The van der Waals surface area contributed by atoms with Gasteiger partial charge in [-0.15, -0.1) is 17.9 Å². The van der Waals surface area contributed by atoms with Crippen LogP contribution in [0.1, 0.15) is 11.4 Å². The maximum atomic E-state index is 5.42. The number of fused-ring (bicyclic) bond motifs is 1. The SMILES string of the molecule is C=CCCOCCNCc1nc2ccccc2s1. The zero-order valence-corrected chi connectivity index (χ0v) is 11.2. The molecule has 0 unspecified atom stereocenters. The third-order valence-corrected chi connectivity index (χ3v) is 3.54. The highest BCUT2D eigenvalue weighted by atomic mass is 32.1. The second-order valence-electron chi connectivity index (χ2n) is 3.94. The molecule has 0 fully saturated rings. The number of hydrogen-bond acceptors (Lipinski definition) is 4. The Morgan fingerprint density at radius 1 is 1.33 bits per heavy atom. The van der Waals surface area contributed by atoms with E-state index in [1.54, 1.807) is 11.3 Å². The van der Waals surface area contributed by atoms with Gasteiger partial charge in [0.15, 0.2) is 0 Å². The molecule has 1 aromatic heterocycles. The summed E-state index contributed by atoms with van der Waals surface area (Å²) in [5.74, 6) is 0. The van der Waals surface area contributed by atoms with E-state index in [0.717, 1.165) is 43.2 Å². The summed E-state index contributed by atoms with van der Waals surface area (Å²) in [7, 11) is 0. The highest BCUT2D eigenvalue weighted by molar-refractivity contribution is 7.18. The number of ether oxygens (including phenoxy) is 1. The quantitative estimate of drug-likeness (QED) is 0.586. The average molecular weight is 262 g/mol. The summed E-state index contributed by atoms with van der Waals surface area (Å²) in [6.45, 7) is 6.81. The van der Waals surface area contributed by atoms with Crippen LogP contribution in [0.15, 0.2) is 36.9 Å². The van der Waals surface area contributed by atoms with Crippen LogP contribution in [-0.4, -0.2) is 24.7 Å². The van der Waals surface area contributed by atoms with Crippen LogP contribution in [0.25, 0.3) is 10.2 Å². The molecule has 96 valence electrons. The molecule has 0 aliphatic heterocycles. The molecule has 0 aliphatic rings. The molecule has 1 heterocycles. The molecular formula is C14H18N2OS. The van der Waals surface area contributed by atoms with Crippen molar-refractivity contribution in [2.45, 2.75) is 13.0 Å². The first-order valence-corrected chi connectivity index (χ1v) is 6.95. The molecule has 0 aliphatic carbocycles. The van der Waals surface area contributed by atoms with Crippen LogP contribution in [0.2, 0.25) is 0 Å². The normalized spacial score (nSPS) is 10.9. The Hall–Kier alpha value is -1.23. The second kappa shape index (κ2) is 7.26. The zero-order chi connectivity index (χ0) is 12.6. The summed E-state index contributed by atoms with van der Waals surface area (Å²) in [6, 6.07) is 8.22. The van der Waals surface area contributed by atoms with Gasteiger partial charge in [-0.05, 0) is 18.6 Å². The van der Waals surface area contributed by atoms with Crippen LogP contribution in [0.5, 0.6) is 0 Å². The smallest absolute Gasteiger partial charge is 0.108 e. The van der Waals surface area contributed by atoms with Crippen molar-refractivity contribution >= 4 is 21.6 Å². The van der Waals surface area contributed by atoms with Crippen LogP contribution in [0.3, 0.4) is 0 Å². The number of hydrogen-bond donors (Lipinski definition) is 1. The van der Waals surface area contributed by atoms with E-state index < -0.39 is 0 Å². The van der Waals surface area contributed by atoms with E-state index in [-0.39, 0.29) is 0 Å². The Bertz CT molecular complexity index is 462. The standard InChI is InChI=1S/C14H18N2OS/c1-2-3-9-17-10-8-15-11-14-16-12-6-4-5-7-13(12)18-14/h2,4-7,15H,1,3,8-11H2. The van der Waals surface area contributed by atoms with Crippen LogP contribution in [0.4, 0.5) is 0 Å². The highest BCUT2D eigenvalue weighted by Crippen LogP contribution is 2.20. The lowest BCUT2D eigenvalue weighted by atomic mass is 10.3. The molecule has 2 aromatic rings. The van der Waals surface area contributed by atoms with Gasteiger partial charge in [0.1, 0.15) is 5.01 Å². The highest BCUT2D eigenvalue weighted by Gasteiger charge is 2.01. The molecule has 0 atom stereocenters. The maximum Gasteiger partial charge on any atom is 0.108 e. The zero-order valence-electron chi connectivity index (χ0n) is 10.4. The van der Waals surface area contributed by atoms with Crippen molar-refractivity contribution in [2.75, 3.05) is 19.8 Å². The molecule has 4 heteroatoms. The largest absolute Gasteiger partial charge is 0.380 e. The van der Waals surface area contributed by atoms with E-state index in [4.69, 9.17) is 4.74 Å². The van der Waals surface area contributed by atoms with Crippen LogP contribution >= 0.6 is 11.3 Å². The molecule has 0 spiro atoms. The fourth-order valence-electron chi connectivity index (χ4n) is 1.60. The Morgan fingerprint density at radius 3 is 3.06 bits per heavy atom. The van der Waals surface area contributed by atoms with E-state index >= 15 is 0 Å². The van der Waals surface area contributed by atoms with E-state index in [1.165, 1.54) is 4.70 Å². The lowest BCUT2D eigenvalue weighted by Gasteiger charge is -2.03. The lowest BCUT2D eigenvalue weighted by Crippen LogP contribution is -2.19. The number of nitrogens with one attached hydrogen (secondary N) is 1. The number of nitrogens with zero attached hydrogens (tertiary/aromatic N) is 1. The van der Waals surface area contributed by atoms with Gasteiger partial charge >= 0.3 is 0 Å². The Morgan fingerprint density at radius 2 is 2.22 bits per heavy atom. The molecule has 18 heavy (non-hydrogen) atoms. The van der Waals surface area contributed by atoms with Crippen molar-refractivity contribution in [2.24, 2.45) is 0 Å². The summed E-state index contributed by atoms with van der Waals surface area (Å²) in [6.07, 6.45) is 2.78. The van der Waals surface area contributed by atoms with Crippen molar-refractivity contribution in [1.82, 2.24) is 10.3 Å². The minimum atomic E-state index is 0.735. The summed E-state index contributed by atoms with van der Waals surface area (Å²) < 4.78 is 6.67. The molecule has 0 saturated carbocycles.